The summed E-state index contributed by atoms with van der Waals surface area (Å²) in [5.74, 6) is 0.527. The number of nitrogens with one attached hydrogen (secondary N) is 1. The molecule has 1 fully saturated rings. The Labute approximate surface area is 125 Å². The van der Waals surface area contributed by atoms with Gasteiger partial charge in [-0.15, -0.1) is 10.2 Å². The monoisotopic (exact) mass is 298 g/mol. The van der Waals surface area contributed by atoms with Gasteiger partial charge in [-0.05, 0) is 37.0 Å². The van der Waals surface area contributed by atoms with Crippen molar-refractivity contribution >= 4 is 27.5 Å². The van der Waals surface area contributed by atoms with Gasteiger partial charge in [0.15, 0.2) is 0 Å². The summed E-state index contributed by atoms with van der Waals surface area (Å²) >= 11 is 1.20. The fourth-order valence-electron chi connectivity index (χ4n) is 2.38. The Hall–Kier alpha value is -1.17. The highest BCUT2D eigenvalue weighted by Crippen LogP contribution is 2.39. The van der Waals surface area contributed by atoms with Crippen molar-refractivity contribution in [2.75, 3.05) is 11.1 Å². The highest BCUT2D eigenvalue weighted by molar-refractivity contribution is 7.18. The summed E-state index contributed by atoms with van der Waals surface area (Å²) in [4.78, 5) is 11.8. The van der Waals surface area contributed by atoms with Crippen molar-refractivity contribution in [3.63, 3.8) is 0 Å². The molecule has 5 nitrogen and oxygen atoms in total. The van der Waals surface area contributed by atoms with Crippen LogP contribution in [-0.2, 0) is 4.79 Å². The third-order valence-corrected chi connectivity index (χ3v) is 4.29. The number of nitrogens with two attached hydrogens (primary N) is 1. The molecule has 0 saturated heterocycles. The lowest BCUT2D eigenvalue weighted by molar-refractivity contribution is -0.117. The fourth-order valence-corrected chi connectivity index (χ4v) is 2.91. The van der Waals surface area contributed by atoms with E-state index in [1.54, 1.807) is 0 Å². The Morgan fingerprint density at radius 2 is 1.95 bits per heavy atom. The topological polar surface area (TPSA) is 80.9 Å². The summed E-state index contributed by atoms with van der Waals surface area (Å²) in [5.41, 5.74) is 5.91. The first-order valence-corrected chi connectivity index (χ1v) is 8.15. The maximum atomic E-state index is 11.8. The molecule has 6 heteroatoms. The molecule has 0 aromatic carbocycles. The molecule has 1 heterocycles. The van der Waals surface area contributed by atoms with Crippen LogP contribution < -0.4 is 11.1 Å². The van der Waals surface area contributed by atoms with Gasteiger partial charge in [0.25, 0.3) is 0 Å². The van der Waals surface area contributed by atoms with Gasteiger partial charge in [0.05, 0.1) is 0 Å². The van der Waals surface area contributed by atoms with Crippen LogP contribution >= 0.6 is 11.3 Å². The van der Waals surface area contributed by atoms with Crippen LogP contribution in [0.2, 0.25) is 0 Å². The molecule has 0 unspecified atom stereocenters. The molecule has 1 aliphatic carbocycles. The molecule has 114 valence electrons. The zero-order valence-electron chi connectivity index (χ0n) is 12.9. The van der Waals surface area contributed by atoms with Gasteiger partial charge in [-0.25, -0.2) is 0 Å². The van der Waals surface area contributed by atoms with E-state index in [4.69, 9.17) is 5.73 Å². The summed E-state index contributed by atoms with van der Waals surface area (Å²) in [5, 5.41) is 11.1. The maximum absolute atomic E-state index is 11.8. The molecular formula is C14H26N4OS. The standard InChI is InChI=1S/C12H20N4OS.C2H6/c1-12(2)5-3-8(4-6-12)7-9(17)14-11-16-15-10(13)18-11;1-2/h8H,3-7H2,1-2H3,(H2,13,15)(H,14,16,17);1-2H3. The number of hydrogen-bond donors (Lipinski definition) is 2. The van der Waals surface area contributed by atoms with Crippen LogP contribution in [0.3, 0.4) is 0 Å². The lowest BCUT2D eigenvalue weighted by Gasteiger charge is -2.33. The number of nitrogens with zero attached hydrogens (tertiary/aromatic N) is 2. The minimum atomic E-state index is 0.0239. The van der Waals surface area contributed by atoms with Crippen molar-refractivity contribution < 1.29 is 4.79 Å². The van der Waals surface area contributed by atoms with Gasteiger partial charge in [-0.3, -0.25) is 4.79 Å². The summed E-state index contributed by atoms with van der Waals surface area (Å²) in [6.45, 7) is 8.60. The zero-order valence-corrected chi connectivity index (χ0v) is 13.7. The summed E-state index contributed by atoms with van der Waals surface area (Å²) in [7, 11) is 0. The number of carbonyl (C=O) groups is 1. The second kappa shape index (κ2) is 7.57. The normalized spacial score (nSPS) is 18.0. The summed E-state index contributed by atoms with van der Waals surface area (Å²) in [6, 6.07) is 0. The van der Waals surface area contributed by atoms with Crippen molar-refractivity contribution in [3.05, 3.63) is 0 Å². The van der Waals surface area contributed by atoms with Crippen LogP contribution in [0.1, 0.15) is 59.8 Å². The second-order valence-electron chi connectivity index (χ2n) is 5.81. The number of nitrogen functional groups attached to an aromatic ring is 1. The van der Waals surface area contributed by atoms with Crippen molar-refractivity contribution in [1.29, 1.82) is 0 Å². The highest BCUT2D eigenvalue weighted by atomic mass is 32.1. The Kier molecular flexibility index (Phi) is 6.39. The molecule has 1 aromatic heterocycles. The van der Waals surface area contributed by atoms with Gasteiger partial charge in [0, 0.05) is 6.42 Å². The Bertz CT molecular complexity index is 421. The maximum Gasteiger partial charge on any atom is 0.226 e. The number of rotatable bonds is 3. The minimum absolute atomic E-state index is 0.0239. The van der Waals surface area contributed by atoms with Gasteiger partial charge in [-0.2, -0.15) is 0 Å². The predicted octanol–water partition coefficient (Wildman–Crippen LogP) is 3.69. The SMILES string of the molecule is CC.CC1(C)CCC(CC(=O)Nc2nnc(N)s2)CC1. The van der Waals surface area contributed by atoms with E-state index in [1.165, 1.54) is 24.2 Å². The van der Waals surface area contributed by atoms with Crippen LogP contribution in [0.15, 0.2) is 0 Å². The van der Waals surface area contributed by atoms with E-state index in [0.29, 0.717) is 28.0 Å². The van der Waals surface area contributed by atoms with Gasteiger partial charge < -0.3 is 11.1 Å². The molecule has 1 aliphatic rings. The molecule has 2 rings (SSSR count). The Morgan fingerprint density at radius 1 is 1.35 bits per heavy atom. The number of aromatic nitrogens is 2. The van der Waals surface area contributed by atoms with Crippen LogP contribution in [0.25, 0.3) is 0 Å². The molecule has 0 atom stereocenters. The third kappa shape index (κ3) is 5.45. The molecule has 20 heavy (non-hydrogen) atoms. The molecule has 0 radical (unpaired) electrons. The number of carbonyl (C=O) groups excluding carboxylic acids is 1. The van der Waals surface area contributed by atoms with E-state index in [9.17, 15) is 4.79 Å². The van der Waals surface area contributed by atoms with Crippen LogP contribution in [0.4, 0.5) is 10.3 Å². The van der Waals surface area contributed by atoms with Gasteiger partial charge in [0.2, 0.25) is 16.2 Å². The van der Waals surface area contributed by atoms with Crippen LogP contribution in [0.5, 0.6) is 0 Å². The molecule has 0 aliphatic heterocycles. The van der Waals surface area contributed by atoms with Crippen molar-refractivity contribution in [2.24, 2.45) is 11.3 Å². The van der Waals surface area contributed by atoms with Gasteiger partial charge in [-0.1, -0.05) is 39.0 Å². The predicted molar refractivity (Wildman–Crippen MR) is 84.7 cm³/mol. The van der Waals surface area contributed by atoms with Crippen molar-refractivity contribution in [2.45, 2.75) is 59.8 Å². The smallest absolute Gasteiger partial charge is 0.226 e. The van der Waals surface area contributed by atoms with E-state index in [1.807, 2.05) is 13.8 Å². The molecule has 0 bridgehead atoms. The van der Waals surface area contributed by atoms with E-state index < -0.39 is 0 Å². The summed E-state index contributed by atoms with van der Waals surface area (Å²) in [6.07, 6.45) is 5.26. The average molecular weight is 298 g/mol. The Balaban J connectivity index is 0.000000956. The van der Waals surface area contributed by atoms with Gasteiger partial charge in [0.1, 0.15) is 0 Å². The first-order chi connectivity index (χ1) is 9.44. The van der Waals surface area contributed by atoms with Crippen LogP contribution in [-0.4, -0.2) is 16.1 Å². The quantitative estimate of drug-likeness (QED) is 0.891. The minimum Gasteiger partial charge on any atom is -0.374 e. The first-order valence-electron chi connectivity index (χ1n) is 7.33. The third-order valence-electron chi connectivity index (χ3n) is 3.62. The number of anilines is 2. The first kappa shape index (κ1) is 16.9. The largest absolute Gasteiger partial charge is 0.374 e. The van der Waals surface area contributed by atoms with E-state index in [-0.39, 0.29) is 5.91 Å². The highest BCUT2D eigenvalue weighted by Gasteiger charge is 2.28. The average Bonchev–Trinajstić information content (AvgIpc) is 2.80. The van der Waals surface area contributed by atoms with E-state index >= 15 is 0 Å². The molecule has 1 amide bonds. The van der Waals surface area contributed by atoms with Crippen LogP contribution in [0, 0.1) is 11.3 Å². The summed E-state index contributed by atoms with van der Waals surface area (Å²) < 4.78 is 0. The second-order valence-corrected chi connectivity index (χ2v) is 6.81. The molecule has 0 spiro atoms. The molecule has 1 saturated carbocycles. The Morgan fingerprint density at radius 3 is 2.45 bits per heavy atom. The molecule has 3 N–H and O–H groups in total. The number of hydrogen-bond acceptors (Lipinski definition) is 5. The van der Waals surface area contributed by atoms with Gasteiger partial charge >= 0.3 is 0 Å². The lowest BCUT2D eigenvalue weighted by atomic mass is 9.72. The number of amides is 1. The molecular weight excluding hydrogens is 272 g/mol. The van der Waals surface area contributed by atoms with Crippen molar-refractivity contribution in [3.8, 4) is 0 Å². The fraction of sp³-hybridized carbons (Fsp3) is 0.786. The van der Waals surface area contributed by atoms with E-state index in [2.05, 4.69) is 29.4 Å². The van der Waals surface area contributed by atoms with E-state index in [0.717, 1.165) is 12.8 Å². The molecule has 1 aromatic rings. The lowest BCUT2D eigenvalue weighted by Crippen LogP contribution is -2.24. The zero-order chi connectivity index (χ0) is 15.2. The van der Waals surface area contributed by atoms with Crippen molar-refractivity contribution in [1.82, 2.24) is 10.2 Å².